The maximum Gasteiger partial charge on any atom is 0.272 e. The molecule has 22 heavy (non-hydrogen) atoms. The van der Waals surface area contributed by atoms with Crippen LogP contribution in [0.3, 0.4) is 0 Å². The fourth-order valence-electron chi connectivity index (χ4n) is 2.47. The molecule has 1 N–H and O–H groups in total. The van der Waals surface area contributed by atoms with Gasteiger partial charge in [-0.25, -0.2) is 9.37 Å². The van der Waals surface area contributed by atoms with Gasteiger partial charge in [-0.2, -0.15) is 0 Å². The van der Waals surface area contributed by atoms with Crippen LogP contribution < -0.4 is 10.5 Å². The van der Waals surface area contributed by atoms with Crippen molar-refractivity contribution in [1.82, 2.24) is 14.9 Å². The lowest BCUT2D eigenvalue weighted by atomic mass is 10.2. The summed E-state index contributed by atoms with van der Waals surface area (Å²) in [4.78, 5) is 33.6. The van der Waals surface area contributed by atoms with Gasteiger partial charge in [0.1, 0.15) is 11.5 Å². The highest BCUT2D eigenvalue weighted by molar-refractivity contribution is 5.92. The molecule has 1 aromatic carbocycles. The number of rotatable bonds is 2. The third-order valence-electron chi connectivity index (χ3n) is 3.66. The predicted molar refractivity (Wildman–Crippen MR) is 79.4 cm³/mol. The Morgan fingerprint density at radius 2 is 1.82 bits per heavy atom. The average molecular weight is 302 g/mol. The Labute approximate surface area is 126 Å². The van der Waals surface area contributed by atoms with Gasteiger partial charge in [0.05, 0.1) is 6.33 Å². The van der Waals surface area contributed by atoms with E-state index in [2.05, 4.69) is 14.9 Å². The molecule has 0 atom stereocenters. The molecular weight excluding hydrogens is 287 g/mol. The van der Waals surface area contributed by atoms with E-state index in [0.717, 1.165) is 5.69 Å². The first-order valence-electron chi connectivity index (χ1n) is 6.98. The quantitative estimate of drug-likeness (QED) is 0.894. The normalized spacial score (nSPS) is 15.0. The van der Waals surface area contributed by atoms with E-state index >= 15 is 0 Å². The highest BCUT2D eigenvalue weighted by Gasteiger charge is 2.23. The molecule has 1 aliphatic rings. The minimum absolute atomic E-state index is 0.152. The van der Waals surface area contributed by atoms with E-state index in [1.165, 1.54) is 24.5 Å². The van der Waals surface area contributed by atoms with E-state index in [1.54, 1.807) is 17.0 Å². The summed E-state index contributed by atoms with van der Waals surface area (Å²) in [5.74, 6) is -0.511. The van der Waals surface area contributed by atoms with Gasteiger partial charge in [-0.05, 0) is 24.3 Å². The number of hydrogen-bond acceptors (Lipinski definition) is 4. The number of H-pyrrole nitrogens is 1. The second-order valence-electron chi connectivity index (χ2n) is 5.05. The van der Waals surface area contributed by atoms with Gasteiger partial charge in [-0.15, -0.1) is 0 Å². The molecule has 0 bridgehead atoms. The maximum absolute atomic E-state index is 12.9. The lowest BCUT2D eigenvalue weighted by Crippen LogP contribution is -2.49. The number of amides is 1. The molecule has 1 saturated heterocycles. The molecule has 3 rings (SSSR count). The van der Waals surface area contributed by atoms with Crippen molar-refractivity contribution in [2.75, 3.05) is 31.1 Å². The number of halogens is 1. The standard InChI is InChI=1S/C15H15FN4O2/c16-11-1-3-12(4-2-11)19-5-7-20(8-6-19)15(22)13-9-14(21)18-10-17-13/h1-4,9-10H,5-8H2,(H,17,18,21). The summed E-state index contributed by atoms with van der Waals surface area (Å²) in [6.45, 7) is 2.37. The van der Waals surface area contributed by atoms with Crippen LogP contribution in [-0.2, 0) is 0 Å². The highest BCUT2D eigenvalue weighted by Crippen LogP contribution is 2.17. The molecule has 1 aromatic heterocycles. The van der Waals surface area contributed by atoms with Crippen LogP contribution in [0, 0.1) is 5.82 Å². The van der Waals surface area contributed by atoms with Crippen LogP contribution in [0.15, 0.2) is 41.5 Å². The summed E-state index contributed by atoms with van der Waals surface area (Å²) in [6, 6.07) is 7.50. The van der Waals surface area contributed by atoms with Crippen molar-refractivity contribution in [2.45, 2.75) is 0 Å². The minimum atomic E-state index is -0.344. The molecule has 2 aromatic rings. The van der Waals surface area contributed by atoms with Crippen LogP contribution in [0.1, 0.15) is 10.5 Å². The van der Waals surface area contributed by atoms with Crippen LogP contribution in [0.2, 0.25) is 0 Å². The van der Waals surface area contributed by atoms with Gasteiger partial charge in [0.15, 0.2) is 0 Å². The Kier molecular flexibility index (Phi) is 3.86. The van der Waals surface area contributed by atoms with Gasteiger partial charge in [0.2, 0.25) is 0 Å². The molecule has 0 spiro atoms. The van der Waals surface area contributed by atoms with Gasteiger partial charge in [-0.3, -0.25) is 9.59 Å². The van der Waals surface area contributed by atoms with Crippen LogP contribution >= 0.6 is 0 Å². The van der Waals surface area contributed by atoms with Gasteiger partial charge in [-0.1, -0.05) is 0 Å². The van der Waals surface area contributed by atoms with E-state index < -0.39 is 0 Å². The average Bonchev–Trinajstić information content (AvgIpc) is 2.55. The summed E-state index contributed by atoms with van der Waals surface area (Å²) >= 11 is 0. The first kappa shape index (κ1) is 14.2. The number of anilines is 1. The zero-order chi connectivity index (χ0) is 15.5. The molecule has 0 radical (unpaired) electrons. The van der Waals surface area contributed by atoms with Crippen LogP contribution in [0.5, 0.6) is 0 Å². The lowest BCUT2D eigenvalue weighted by molar-refractivity contribution is 0.0740. The molecule has 1 aliphatic heterocycles. The van der Waals surface area contributed by atoms with Gasteiger partial charge in [0, 0.05) is 37.9 Å². The zero-order valence-corrected chi connectivity index (χ0v) is 11.8. The maximum atomic E-state index is 12.9. The van der Waals surface area contributed by atoms with Crippen LogP contribution in [0.25, 0.3) is 0 Å². The number of piperazine rings is 1. The Balaban J connectivity index is 1.65. The van der Waals surface area contributed by atoms with Crippen molar-refractivity contribution in [1.29, 1.82) is 0 Å². The Hall–Kier alpha value is -2.70. The van der Waals surface area contributed by atoms with E-state index in [9.17, 15) is 14.0 Å². The molecule has 0 saturated carbocycles. The predicted octanol–water partition coefficient (Wildman–Crippen LogP) is 0.871. The largest absolute Gasteiger partial charge is 0.368 e. The summed E-state index contributed by atoms with van der Waals surface area (Å²) in [7, 11) is 0. The number of nitrogens with zero attached hydrogens (tertiary/aromatic N) is 3. The first-order chi connectivity index (χ1) is 10.6. The van der Waals surface area contributed by atoms with Crippen molar-refractivity contribution in [3.8, 4) is 0 Å². The van der Waals surface area contributed by atoms with Crippen molar-refractivity contribution in [3.05, 3.63) is 58.5 Å². The van der Waals surface area contributed by atoms with E-state index in [0.29, 0.717) is 26.2 Å². The third-order valence-corrected chi connectivity index (χ3v) is 3.66. The summed E-state index contributed by atoms with van der Waals surface area (Å²) < 4.78 is 12.9. The number of benzene rings is 1. The molecule has 0 unspecified atom stereocenters. The van der Waals surface area contributed by atoms with Crippen LogP contribution in [-0.4, -0.2) is 47.0 Å². The molecular formula is C15H15FN4O2. The van der Waals surface area contributed by atoms with Crippen LogP contribution in [0.4, 0.5) is 10.1 Å². The summed E-state index contributed by atoms with van der Waals surface area (Å²) in [5.41, 5.74) is 0.741. The summed E-state index contributed by atoms with van der Waals surface area (Å²) in [6.07, 6.45) is 1.23. The molecule has 1 fully saturated rings. The molecule has 2 heterocycles. The number of nitrogens with one attached hydrogen (secondary N) is 1. The van der Waals surface area contributed by atoms with Crippen molar-refractivity contribution in [3.63, 3.8) is 0 Å². The smallest absolute Gasteiger partial charge is 0.272 e. The summed E-state index contributed by atoms with van der Waals surface area (Å²) in [5, 5.41) is 0. The highest BCUT2D eigenvalue weighted by atomic mass is 19.1. The molecule has 6 nitrogen and oxygen atoms in total. The molecule has 0 aliphatic carbocycles. The monoisotopic (exact) mass is 302 g/mol. The number of carbonyl (C=O) groups excluding carboxylic acids is 1. The fourth-order valence-corrected chi connectivity index (χ4v) is 2.47. The van der Waals surface area contributed by atoms with Gasteiger partial charge < -0.3 is 14.8 Å². The Morgan fingerprint density at radius 1 is 1.14 bits per heavy atom. The number of aromatic nitrogens is 2. The van der Waals surface area contributed by atoms with Crippen molar-refractivity contribution < 1.29 is 9.18 Å². The number of carbonyl (C=O) groups is 1. The lowest BCUT2D eigenvalue weighted by Gasteiger charge is -2.35. The number of hydrogen-bond donors (Lipinski definition) is 1. The second-order valence-corrected chi connectivity index (χ2v) is 5.05. The van der Waals surface area contributed by atoms with Crippen molar-refractivity contribution in [2.24, 2.45) is 0 Å². The zero-order valence-electron chi connectivity index (χ0n) is 11.8. The SMILES string of the molecule is O=C(c1cc(=O)[nH]cn1)N1CCN(c2ccc(F)cc2)CC1. The molecule has 1 amide bonds. The molecule has 7 heteroatoms. The number of aromatic amines is 1. The Morgan fingerprint density at radius 3 is 2.45 bits per heavy atom. The van der Waals surface area contributed by atoms with E-state index in [4.69, 9.17) is 0 Å². The molecule has 114 valence electrons. The van der Waals surface area contributed by atoms with E-state index in [-0.39, 0.29) is 23.0 Å². The van der Waals surface area contributed by atoms with Gasteiger partial charge in [0.25, 0.3) is 11.5 Å². The minimum Gasteiger partial charge on any atom is -0.368 e. The Bertz CT molecular complexity index is 721. The van der Waals surface area contributed by atoms with Crippen molar-refractivity contribution >= 4 is 11.6 Å². The van der Waals surface area contributed by atoms with Gasteiger partial charge >= 0.3 is 0 Å². The first-order valence-corrected chi connectivity index (χ1v) is 6.98. The van der Waals surface area contributed by atoms with E-state index in [1.807, 2.05) is 0 Å². The third kappa shape index (κ3) is 2.98. The second kappa shape index (κ2) is 5.97. The fraction of sp³-hybridized carbons (Fsp3) is 0.267. The topological polar surface area (TPSA) is 69.3 Å².